The van der Waals surface area contributed by atoms with E-state index < -0.39 is 5.60 Å². The van der Waals surface area contributed by atoms with Gasteiger partial charge in [-0.15, -0.1) is 0 Å². The molecular weight excluding hydrogens is 386 g/mol. The van der Waals surface area contributed by atoms with Gasteiger partial charge >= 0.3 is 0 Å². The average molecular weight is 418 g/mol. The van der Waals surface area contributed by atoms with Gasteiger partial charge in [-0.05, 0) is 43.6 Å². The fourth-order valence-corrected chi connectivity index (χ4v) is 5.20. The fourth-order valence-electron chi connectivity index (χ4n) is 5.20. The minimum absolute atomic E-state index is 0.241. The number of hydrogen-bond acceptors (Lipinski definition) is 5. The molecule has 5 nitrogen and oxygen atoms in total. The third-order valence-electron chi connectivity index (χ3n) is 7.21. The van der Waals surface area contributed by atoms with E-state index in [2.05, 4.69) is 40.7 Å². The number of aromatic nitrogens is 1. The molecule has 162 valence electrons. The molecule has 0 saturated carbocycles. The van der Waals surface area contributed by atoms with Crippen LogP contribution in [0.3, 0.4) is 0 Å². The molecule has 2 bridgehead atoms. The number of nitrogens with zero attached hydrogens (tertiary/aromatic N) is 3. The van der Waals surface area contributed by atoms with E-state index in [0.29, 0.717) is 19.5 Å². The van der Waals surface area contributed by atoms with Gasteiger partial charge in [0, 0.05) is 43.5 Å². The number of fused-ring (bicyclic) bond motifs is 3. The number of rotatable bonds is 3. The van der Waals surface area contributed by atoms with Crippen LogP contribution >= 0.6 is 0 Å². The van der Waals surface area contributed by atoms with Crippen molar-refractivity contribution in [1.29, 1.82) is 0 Å². The van der Waals surface area contributed by atoms with Gasteiger partial charge < -0.3 is 15.1 Å². The highest BCUT2D eigenvalue weighted by molar-refractivity contribution is 5.50. The van der Waals surface area contributed by atoms with E-state index in [-0.39, 0.29) is 17.9 Å². The second-order valence-corrected chi connectivity index (χ2v) is 9.50. The molecule has 0 radical (unpaired) electrons. The van der Waals surface area contributed by atoms with Crippen molar-refractivity contribution >= 4 is 5.82 Å². The fraction of sp³-hybridized carbons (Fsp3) is 0.500. The van der Waals surface area contributed by atoms with Crippen LogP contribution in [-0.4, -0.2) is 64.5 Å². The van der Waals surface area contributed by atoms with Gasteiger partial charge in [0.15, 0.2) is 0 Å². The first-order valence-corrected chi connectivity index (χ1v) is 11.4. The monoisotopic (exact) mass is 417 g/mol. The largest absolute Gasteiger partial charge is 0.391 e. The van der Waals surface area contributed by atoms with Crippen molar-refractivity contribution < 1.29 is 10.2 Å². The third-order valence-corrected chi connectivity index (χ3v) is 7.21. The van der Waals surface area contributed by atoms with Gasteiger partial charge in [-0.3, -0.25) is 4.90 Å². The molecule has 0 unspecified atom stereocenters. The molecule has 31 heavy (non-hydrogen) atoms. The zero-order valence-electron chi connectivity index (χ0n) is 18.2. The highest BCUT2D eigenvalue weighted by atomic mass is 16.3. The van der Waals surface area contributed by atoms with Gasteiger partial charge in [-0.2, -0.15) is 0 Å². The van der Waals surface area contributed by atoms with Crippen LogP contribution in [-0.2, 0) is 6.42 Å². The SMILES string of the molecule is C[C@@H]1CN(c2ccc(C#C[C@@]3(O)CN4CCC3CC4)c(Cc3ccccc3)n2)C[C@H]1O. The van der Waals surface area contributed by atoms with Crippen LogP contribution in [0, 0.1) is 23.7 Å². The maximum Gasteiger partial charge on any atom is 0.141 e. The minimum atomic E-state index is -0.923. The Hall–Kier alpha value is -2.39. The lowest BCUT2D eigenvalue weighted by molar-refractivity contribution is -0.0713. The molecule has 4 aliphatic heterocycles. The van der Waals surface area contributed by atoms with Crippen LogP contribution in [0.15, 0.2) is 42.5 Å². The summed E-state index contributed by atoms with van der Waals surface area (Å²) in [6.45, 7) is 6.29. The van der Waals surface area contributed by atoms with Crippen molar-refractivity contribution in [2.75, 3.05) is 37.6 Å². The summed E-state index contributed by atoms with van der Waals surface area (Å²) < 4.78 is 0. The van der Waals surface area contributed by atoms with E-state index >= 15 is 0 Å². The van der Waals surface area contributed by atoms with Crippen molar-refractivity contribution in [2.45, 2.75) is 37.9 Å². The molecule has 0 amide bonds. The van der Waals surface area contributed by atoms with Crippen LogP contribution in [0.2, 0.25) is 0 Å². The third kappa shape index (κ3) is 4.21. The molecule has 1 aromatic heterocycles. The Bertz CT molecular complexity index is 981. The summed E-state index contributed by atoms with van der Waals surface area (Å²) in [7, 11) is 0. The van der Waals surface area contributed by atoms with Crippen LogP contribution < -0.4 is 4.90 Å². The number of pyridine rings is 1. The standard InChI is InChI=1S/C26H31N3O2/c1-19-16-29(17-24(19)30)25-8-7-21(23(27-25)15-20-5-3-2-4-6-20)9-12-26(31)18-28-13-10-22(26)11-14-28/h2-8,19,22,24,30-31H,10-11,13-18H2,1H3/t19-,24-,26-/m1/s1. The van der Waals surface area contributed by atoms with E-state index in [4.69, 9.17) is 4.98 Å². The topological polar surface area (TPSA) is 59.8 Å². The molecule has 2 N–H and O–H groups in total. The van der Waals surface area contributed by atoms with Gasteiger partial charge in [0.1, 0.15) is 11.4 Å². The van der Waals surface area contributed by atoms with E-state index in [1.165, 1.54) is 5.56 Å². The molecule has 5 heterocycles. The molecule has 2 aromatic rings. The molecule has 0 spiro atoms. The first-order chi connectivity index (χ1) is 15.0. The van der Waals surface area contributed by atoms with E-state index in [1.54, 1.807) is 0 Å². The summed E-state index contributed by atoms with van der Waals surface area (Å²) in [5.41, 5.74) is 2.07. The van der Waals surface area contributed by atoms with Crippen LogP contribution in [0.4, 0.5) is 5.82 Å². The smallest absolute Gasteiger partial charge is 0.141 e. The van der Waals surface area contributed by atoms with Crippen molar-refractivity contribution in [2.24, 2.45) is 11.8 Å². The number of β-amino-alcohol motifs (C(OH)–C–C–N with tert-alkyl or cyclic N) is 1. The lowest BCUT2D eigenvalue weighted by Crippen LogP contribution is -2.58. The molecular formula is C26H31N3O2. The number of aliphatic hydroxyl groups excluding tert-OH is 1. The summed E-state index contributed by atoms with van der Waals surface area (Å²) in [6.07, 6.45) is 2.42. The van der Waals surface area contributed by atoms with Gasteiger partial charge in [0.25, 0.3) is 0 Å². The molecule has 4 saturated heterocycles. The van der Waals surface area contributed by atoms with Crippen molar-refractivity contribution in [3.63, 3.8) is 0 Å². The van der Waals surface area contributed by atoms with Crippen LogP contribution in [0.1, 0.15) is 36.6 Å². The normalized spacial score (nSPS) is 32.0. The number of hydrogen-bond donors (Lipinski definition) is 2. The Balaban J connectivity index is 1.46. The lowest BCUT2D eigenvalue weighted by Gasteiger charge is -2.47. The minimum Gasteiger partial charge on any atom is -0.391 e. The Labute approximate surface area is 184 Å². The van der Waals surface area contributed by atoms with E-state index in [9.17, 15) is 10.2 Å². The summed E-state index contributed by atoms with van der Waals surface area (Å²) >= 11 is 0. The van der Waals surface area contributed by atoms with Gasteiger partial charge in [0.2, 0.25) is 0 Å². The summed E-state index contributed by atoms with van der Waals surface area (Å²) in [5.74, 6) is 7.95. The van der Waals surface area contributed by atoms with Crippen molar-refractivity contribution in [3.8, 4) is 11.8 Å². The summed E-state index contributed by atoms with van der Waals surface area (Å²) in [5, 5.41) is 21.4. The zero-order valence-corrected chi connectivity index (χ0v) is 18.2. The van der Waals surface area contributed by atoms with Crippen LogP contribution in [0.5, 0.6) is 0 Å². The summed E-state index contributed by atoms with van der Waals surface area (Å²) in [4.78, 5) is 9.45. The number of benzene rings is 1. The second-order valence-electron chi connectivity index (χ2n) is 9.50. The Morgan fingerprint density at radius 3 is 2.52 bits per heavy atom. The molecule has 6 rings (SSSR count). The lowest BCUT2D eigenvalue weighted by atomic mass is 9.75. The Morgan fingerprint density at radius 2 is 1.87 bits per heavy atom. The molecule has 1 aromatic carbocycles. The number of piperidine rings is 3. The highest BCUT2D eigenvalue weighted by Crippen LogP contribution is 2.35. The van der Waals surface area contributed by atoms with Crippen molar-refractivity contribution in [1.82, 2.24) is 9.88 Å². The molecule has 5 heteroatoms. The maximum atomic E-state index is 11.2. The van der Waals surface area contributed by atoms with E-state index in [0.717, 1.165) is 49.6 Å². The summed E-state index contributed by atoms with van der Waals surface area (Å²) in [6, 6.07) is 14.3. The zero-order chi connectivity index (χ0) is 21.4. The van der Waals surface area contributed by atoms with Gasteiger partial charge in [0.05, 0.1) is 11.8 Å². The first kappa shape index (κ1) is 20.5. The Kier molecular flexibility index (Phi) is 5.47. The molecule has 4 aliphatic rings. The van der Waals surface area contributed by atoms with Gasteiger partial charge in [-0.25, -0.2) is 4.98 Å². The average Bonchev–Trinajstić information content (AvgIpc) is 3.12. The van der Waals surface area contributed by atoms with Gasteiger partial charge in [-0.1, -0.05) is 49.1 Å². The quantitative estimate of drug-likeness (QED) is 0.751. The Morgan fingerprint density at radius 1 is 1.10 bits per heavy atom. The van der Waals surface area contributed by atoms with E-state index in [1.807, 2.05) is 30.3 Å². The number of anilines is 1. The number of aliphatic hydroxyl groups is 2. The molecule has 3 atom stereocenters. The molecule has 4 fully saturated rings. The maximum absolute atomic E-state index is 11.2. The van der Waals surface area contributed by atoms with Crippen molar-refractivity contribution in [3.05, 3.63) is 59.3 Å². The first-order valence-electron chi connectivity index (χ1n) is 11.4. The predicted molar refractivity (Wildman–Crippen MR) is 122 cm³/mol. The second kappa shape index (κ2) is 8.27. The molecule has 0 aliphatic carbocycles. The predicted octanol–water partition coefficient (Wildman–Crippen LogP) is 2.30. The highest BCUT2D eigenvalue weighted by Gasteiger charge is 2.44. The van der Waals surface area contributed by atoms with Crippen LogP contribution in [0.25, 0.3) is 0 Å².